The number of nitrogens with two attached hydrogens (primary N) is 1. The molecule has 1 aromatic carbocycles. The molecule has 0 aliphatic carbocycles. The Morgan fingerprint density at radius 3 is 2.36 bits per heavy atom. The molecule has 0 saturated carbocycles. The van der Waals surface area contributed by atoms with Gasteiger partial charge in [-0.3, -0.25) is 0 Å². The van der Waals surface area contributed by atoms with Crippen LogP contribution in [-0.4, -0.2) is 46.5 Å². The maximum absolute atomic E-state index is 12.7. The van der Waals surface area contributed by atoms with E-state index in [1.807, 2.05) is 32.0 Å². The first-order valence-electron chi connectivity index (χ1n) is 7.34. The third-order valence-electron chi connectivity index (χ3n) is 4.21. The summed E-state index contributed by atoms with van der Waals surface area (Å²) in [6.07, 6.45) is 1.70. The molecule has 0 unspecified atom stereocenters. The summed E-state index contributed by atoms with van der Waals surface area (Å²) in [4.78, 5) is 2.32. The fraction of sp³-hybridized carbons (Fsp3) is 0.600. The van der Waals surface area contributed by atoms with Crippen molar-refractivity contribution in [2.24, 2.45) is 11.7 Å². The maximum Gasteiger partial charge on any atom is 0.243 e. The van der Waals surface area contributed by atoms with Crippen LogP contribution in [0, 0.1) is 12.8 Å². The van der Waals surface area contributed by atoms with Crippen molar-refractivity contribution >= 4 is 28.1 Å². The average molecular weight is 348 g/mol. The minimum absolute atomic E-state index is 0. The molecule has 2 N–H and O–H groups in total. The number of halogens is 1. The highest BCUT2D eigenvalue weighted by Gasteiger charge is 2.29. The molecule has 22 heavy (non-hydrogen) atoms. The number of anilines is 1. The molecule has 5 nitrogen and oxygen atoms in total. The third-order valence-corrected chi connectivity index (χ3v) is 6.10. The summed E-state index contributed by atoms with van der Waals surface area (Å²) in [7, 11) is 0.444. The van der Waals surface area contributed by atoms with E-state index in [2.05, 4.69) is 0 Å². The van der Waals surface area contributed by atoms with Gasteiger partial charge in [-0.05, 0) is 49.9 Å². The molecule has 0 amide bonds. The van der Waals surface area contributed by atoms with Crippen LogP contribution in [0.25, 0.3) is 0 Å². The number of rotatable bonds is 4. The smallest absolute Gasteiger partial charge is 0.243 e. The summed E-state index contributed by atoms with van der Waals surface area (Å²) in [5.74, 6) is 0.451. The Hall–Kier alpha value is -0.820. The molecule has 0 atom stereocenters. The van der Waals surface area contributed by atoms with Crippen LogP contribution in [0.1, 0.15) is 18.4 Å². The Labute approximate surface area is 139 Å². The van der Waals surface area contributed by atoms with Crippen LogP contribution in [0.3, 0.4) is 0 Å². The van der Waals surface area contributed by atoms with Gasteiger partial charge in [-0.25, -0.2) is 8.42 Å². The quantitative estimate of drug-likeness (QED) is 0.902. The first-order chi connectivity index (χ1) is 9.86. The van der Waals surface area contributed by atoms with Gasteiger partial charge in [-0.1, -0.05) is 6.07 Å². The van der Waals surface area contributed by atoms with Crippen LogP contribution < -0.4 is 10.6 Å². The predicted molar refractivity (Wildman–Crippen MR) is 93.3 cm³/mol. The van der Waals surface area contributed by atoms with Crippen LogP contribution in [0.15, 0.2) is 23.1 Å². The van der Waals surface area contributed by atoms with Crippen molar-refractivity contribution in [2.75, 3.05) is 38.6 Å². The van der Waals surface area contributed by atoms with E-state index >= 15 is 0 Å². The van der Waals surface area contributed by atoms with Crippen molar-refractivity contribution < 1.29 is 8.42 Å². The number of piperidine rings is 1. The molecule has 2 rings (SSSR count). The number of hydrogen-bond donors (Lipinski definition) is 1. The summed E-state index contributed by atoms with van der Waals surface area (Å²) in [6, 6.07) is 5.33. The largest absolute Gasteiger partial charge is 0.377 e. The lowest BCUT2D eigenvalue weighted by Gasteiger charge is -2.30. The zero-order valence-electron chi connectivity index (χ0n) is 13.4. The summed E-state index contributed by atoms with van der Waals surface area (Å²) in [5, 5.41) is 0. The molecule has 1 saturated heterocycles. The minimum Gasteiger partial charge on any atom is -0.377 e. The Kier molecular flexibility index (Phi) is 6.67. The highest BCUT2D eigenvalue weighted by Crippen LogP contribution is 2.27. The Morgan fingerprint density at radius 1 is 1.27 bits per heavy atom. The zero-order valence-corrected chi connectivity index (χ0v) is 15.1. The molecule has 1 aliphatic rings. The molecule has 7 heteroatoms. The van der Waals surface area contributed by atoms with Crippen molar-refractivity contribution in [3.8, 4) is 0 Å². The second kappa shape index (κ2) is 7.64. The molecule has 0 radical (unpaired) electrons. The van der Waals surface area contributed by atoms with E-state index in [0.717, 1.165) is 24.1 Å². The molecular weight excluding hydrogens is 322 g/mol. The highest BCUT2D eigenvalue weighted by atomic mass is 35.5. The number of aryl methyl sites for hydroxylation is 1. The maximum atomic E-state index is 12.7. The van der Waals surface area contributed by atoms with Crippen LogP contribution in [0.4, 0.5) is 5.69 Å². The molecule has 1 aliphatic heterocycles. The third kappa shape index (κ3) is 3.93. The number of benzene rings is 1. The number of hydrogen-bond acceptors (Lipinski definition) is 4. The molecule has 0 bridgehead atoms. The van der Waals surface area contributed by atoms with Gasteiger partial charge >= 0.3 is 0 Å². The fourth-order valence-corrected chi connectivity index (χ4v) is 4.26. The molecule has 1 heterocycles. The minimum atomic E-state index is -3.40. The van der Waals surface area contributed by atoms with Gasteiger partial charge in [-0.15, -0.1) is 12.4 Å². The standard InChI is InChI=1S/C15H25N3O2S.ClH/c1-12-4-5-14(10-15(12)17(2)3)21(19,20)18-8-6-13(11-16)7-9-18;/h4-5,10,13H,6-9,11,16H2,1-3H3;1H. The van der Waals surface area contributed by atoms with Crippen molar-refractivity contribution in [2.45, 2.75) is 24.7 Å². The van der Waals surface area contributed by atoms with E-state index < -0.39 is 10.0 Å². The predicted octanol–water partition coefficient (Wildman–Crippen LogP) is 1.84. The topological polar surface area (TPSA) is 66.6 Å². The van der Waals surface area contributed by atoms with Gasteiger partial charge in [0.15, 0.2) is 0 Å². The van der Waals surface area contributed by atoms with Crippen LogP contribution in [0.5, 0.6) is 0 Å². The van der Waals surface area contributed by atoms with Crippen molar-refractivity contribution in [1.82, 2.24) is 4.31 Å². The van der Waals surface area contributed by atoms with Gasteiger partial charge < -0.3 is 10.6 Å². The van der Waals surface area contributed by atoms with Crippen molar-refractivity contribution in [3.05, 3.63) is 23.8 Å². The van der Waals surface area contributed by atoms with Gasteiger partial charge in [0, 0.05) is 32.9 Å². The lowest BCUT2D eigenvalue weighted by molar-refractivity contribution is 0.278. The van der Waals surface area contributed by atoms with Gasteiger partial charge in [0.05, 0.1) is 4.90 Å². The summed E-state index contributed by atoms with van der Waals surface area (Å²) < 4.78 is 27.1. The Bertz CT molecular complexity index is 597. The number of nitrogens with zero attached hydrogens (tertiary/aromatic N) is 2. The van der Waals surface area contributed by atoms with Gasteiger partial charge in [0.1, 0.15) is 0 Å². The van der Waals surface area contributed by atoms with E-state index in [4.69, 9.17) is 5.73 Å². The first-order valence-corrected chi connectivity index (χ1v) is 8.78. The van der Waals surface area contributed by atoms with Gasteiger partial charge in [0.2, 0.25) is 10.0 Å². The zero-order chi connectivity index (χ0) is 15.6. The van der Waals surface area contributed by atoms with Crippen LogP contribution in [-0.2, 0) is 10.0 Å². The normalized spacial score (nSPS) is 17.1. The summed E-state index contributed by atoms with van der Waals surface area (Å²) >= 11 is 0. The lowest BCUT2D eigenvalue weighted by Crippen LogP contribution is -2.40. The number of sulfonamides is 1. The monoisotopic (exact) mass is 347 g/mol. The molecule has 1 fully saturated rings. The van der Waals surface area contributed by atoms with Crippen molar-refractivity contribution in [1.29, 1.82) is 0 Å². The molecule has 0 aromatic heterocycles. The van der Waals surface area contributed by atoms with Crippen molar-refractivity contribution in [3.63, 3.8) is 0 Å². The second-order valence-electron chi connectivity index (χ2n) is 5.93. The molecule has 0 spiro atoms. The first kappa shape index (κ1) is 19.2. The van der Waals surface area contributed by atoms with Crippen LogP contribution >= 0.6 is 12.4 Å². The highest BCUT2D eigenvalue weighted by molar-refractivity contribution is 7.89. The lowest BCUT2D eigenvalue weighted by atomic mass is 9.99. The molecule has 126 valence electrons. The van der Waals surface area contributed by atoms with E-state index in [9.17, 15) is 8.42 Å². The van der Waals surface area contributed by atoms with E-state index in [0.29, 0.717) is 30.4 Å². The summed E-state index contributed by atoms with van der Waals surface area (Å²) in [6.45, 7) is 3.76. The van der Waals surface area contributed by atoms with E-state index in [-0.39, 0.29) is 12.4 Å². The fourth-order valence-electron chi connectivity index (χ4n) is 2.77. The summed E-state index contributed by atoms with van der Waals surface area (Å²) in [5.41, 5.74) is 7.67. The Morgan fingerprint density at radius 2 is 1.86 bits per heavy atom. The molecule has 1 aromatic rings. The SMILES string of the molecule is Cc1ccc(S(=O)(=O)N2CCC(CN)CC2)cc1N(C)C.Cl. The van der Waals surface area contributed by atoms with Gasteiger partial charge in [-0.2, -0.15) is 4.31 Å². The molecular formula is C15H26ClN3O2S. The van der Waals surface area contributed by atoms with Gasteiger partial charge in [0.25, 0.3) is 0 Å². The van der Waals surface area contributed by atoms with E-state index in [1.54, 1.807) is 16.4 Å². The van der Waals surface area contributed by atoms with E-state index in [1.165, 1.54) is 0 Å². The van der Waals surface area contributed by atoms with Crippen LogP contribution in [0.2, 0.25) is 0 Å². The Balaban J connectivity index is 0.00000242. The average Bonchev–Trinajstić information content (AvgIpc) is 2.47. The second-order valence-corrected chi connectivity index (χ2v) is 7.86.